The summed E-state index contributed by atoms with van der Waals surface area (Å²) in [7, 11) is 2.24. The molecule has 10 heavy (non-hydrogen) atoms. The van der Waals surface area contributed by atoms with Crippen LogP contribution in [0.1, 0.15) is 13.3 Å². The Morgan fingerprint density at radius 2 is 2.40 bits per heavy atom. The Morgan fingerprint density at radius 3 is 3.10 bits per heavy atom. The van der Waals surface area contributed by atoms with Gasteiger partial charge in [0.05, 0.1) is 0 Å². The summed E-state index contributed by atoms with van der Waals surface area (Å²) >= 11 is 0. The summed E-state index contributed by atoms with van der Waals surface area (Å²) in [5.41, 5.74) is 0.592. The summed E-state index contributed by atoms with van der Waals surface area (Å²) in [6, 6.07) is 0.812. The van der Waals surface area contributed by atoms with Crippen molar-refractivity contribution in [1.29, 1.82) is 0 Å². The first kappa shape index (κ1) is 6.62. The highest BCUT2D eigenvalue weighted by atomic mass is 15.2. The molecule has 0 radical (unpaired) electrons. The number of likely N-dealkylation sites (tertiary alicyclic amines) is 1. The molecular formula is C8H16N2. The second kappa shape index (κ2) is 1.95. The molecule has 2 aliphatic rings. The van der Waals surface area contributed by atoms with Gasteiger partial charge < -0.3 is 10.2 Å². The van der Waals surface area contributed by atoms with Gasteiger partial charge in [-0.3, -0.25) is 0 Å². The van der Waals surface area contributed by atoms with E-state index in [0.717, 1.165) is 6.04 Å². The molecule has 1 N–H and O–H groups in total. The second-order valence-electron chi connectivity index (χ2n) is 4.03. The van der Waals surface area contributed by atoms with Crippen molar-refractivity contribution in [2.45, 2.75) is 19.4 Å². The van der Waals surface area contributed by atoms with E-state index < -0.39 is 0 Å². The van der Waals surface area contributed by atoms with Crippen molar-refractivity contribution < 1.29 is 0 Å². The molecule has 2 heteroatoms. The highest BCUT2D eigenvalue weighted by Crippen LogP contribution is 2.37. The van der Waals surface area contributed by atoms with Crippen LogP contribution in [0.3, 0.4) is 0 Å². The van der Waals surface area contributed by atoms with E-state index in [2.05, 4.69) is 24.2 Å². The smallest absolute Gasteiger partial charge is 0.0283 e. The topological polar surface area (TPSA) is 15.3 Å². The molecule has 2 heterocycles. The van der Waals surface area contributed by atoms with Gasteiger partial charge in [0.25, 0.3) is 0 Å². The maximum absolute atomic E-state index is 3.45. The minimum absolute atomic E-state index is 0.592. The fraction of sp³-hybridized carbons (Fsp3) is 1.00. The van der Waals surface area contributed by atoms with Gasteiger partial charge in [0.15, 0.2) is 0 Å². The molecule has 0 aliphatic carbocycles. The van der Waals surface area contributed by atoms with E-state index in [-0.39, 0.29) is 0 Å². The zero-order valence-electron chi connectivity index (χ0n) is 6.85. The quantitative estimate of drug-likeness (QED) is 0.520. The van der Waals surface area contributed by atoms with Gasteiger partial charge in [0.1, 0.15) is 0 Å². The maximum atomic E-state index is 3.45. The maximum Gasteiger partial charge on any atom is 0.0283 e. The van der Waals surface area contributed by atoms with Gasteiger partial charge in [0, 0.05) is 19.1 Å². The van der Waals surface area contributed by atoms with E-state index in [1.165, 1.54) is 26.1 Å². The van der Waals surface area contributed by atoms with Crippen molar-refractivity contribution in [3.63, 3.8) is 0 Å². The van der Waals surface area contributed by atoms with Crippen LogP contribution in [0.2, 0.25) is 0 Å². The fourth-order valence-corrected chi connectivity index (χ4v) is 2.39. The average molecular weight is 140 g/mol. The number of rotatable bonds is 0. The minimum atomic E-state index is 0.592. The lowest BCUT2D eigenvalue weighted by Gasteiger charge is -2.24. The number of likely N-dealkylation sites (N-methyl/N-ethyl adjacent to an activating group) is 1. The predicted molar refractivity (Wildman–Crippen MR) is 42.0 cm³/mol. The molecule has 0 spiro atoms. The Hall–Kier alpha value is -0.0800. The van der Waals surface area contributed by atoms with E-state index in [9.17, 15) is 0 Å². The first-order valence-electron chi connectivity index (χ1n) is 4.13. The van der Waals surface area contributed by atoms with Crippen molar-refractivity contribution in [2.75, 3.05) is 26.7 Å². The van der Waals surface area contributed by atoms with Crippen LogP contribution >= 0.6 is 0 Å². The molecule has 0 saturated carbocycles. The molecule has 58 valence electrons. The standard InChI is InChI=1S/C8H16N2/c1-8-3-4-10(2)7(8)5-9-6-8/h7,9H,3-6H2,1-2H3. The molecule has 2 saturated heterocycles. The first-order valence-corrected chi connectivity index (χ1v) is 4.13. The van der Waals surface area contributed by atoms with Crippen LogP contribution in [0.25, 0.3) is 0 Å². The van der Waals surface area contributed by atoms with Crippen LogP contribution in [0.5, 0.6) is 0 Å². The van der Waals surface area contributed by atoms with Gasteiger partial charge in [0.2, 0.25) is 0 Å². The first-order chi connectivity index (χ1) is 4.72. The Morgan fingerprint density at radius 1 is 1.60 bits per heavy atom. The van der Waals surface area contributed by atoms with E-state index in [4.69, 9.17) is 0 Å². The predicted octanol–water partition coefficient (Wildman–Crippen LogP) is 0.300. The SMILES string of the molecule is CN1CCC2(C)CNCC12. The summed E-state index contributed by atoms with van der Waals surface area (Å²) in [5.74, 6) is 0. The zero-order chi connectivity index (χ0) is 7.19. The minimum Gasteiger partial charge on any atom is -0.315 e. The van der Waals surface area contributed by atoms with Crippen molar-refractivity contribution in [3.05, 3.63) is 0 Å². The molecule has 0 bridgehead atoms. The Labute approximate surface area is 62.6 Å². The molecule has 2 fully saturated rings. The van der Waals surface area contributed by atoms with Crippen LogP contribution in [0.15, 0.2) is 0 Å². The van der Waals surface area contributed by atoms with Crippen molar-refractivity contribution in [1.82, 2.24) is 10.2 Å². The van der Waals surface area contributed by atoms with Gasteiger partial charge in [-0.15, -0.1) is 0 Å². The highest BCUT2D eigenvalue weighted by Gasteiger charge is 2.45. The normalized spacial score (nSPS) is 48.0. The third-order valence-corrected chi connectivity index (χ3v) is 3.24. The molecular weight excluding hydrogens is 124 g/mol. The molecule has 2 nitrogen and oxygen atoms in total. The molecule has 0 aromatic rings. The van der Waals surface area contributed by atoms with Crippen molar-refractivity contribution in [3.8, 4) is 0 Å². The van der Waals surface area contributed by atoms with Gasteiger partial charge in [-0.2, -0.15) is 0 Å². The van der Waals surface area contributed by atoms with Gasteiger partial charge in [-0.25, -0.2) is 0 Å². The summed E-state index contributed by atoms with van der Waals surface area (Å²) in [5, 5.41) is 3.45. The molecule has 0 aromatic carbocycles. The lowest BCUT2D eigenvalue weighted by atomic mass is 9.86. The van der Waals surface area contributed by atoms with Gasteiger partial charge >= 0.3 is 0 Å². The number of nitrogens with one attached hydrogen (secondary N) is 1. The molecule has 2 rings (SSSR count). The van der Waals surface area contributed by atoms with E-state index >= 15 is 0 Å². The Balaban J connectivity index is 2.19. The van der Waals surface area contributed by atoms with Crippen molar-refractivity contribution >= 4 is 0 Å². The summed E-state index contributed by atoms with van der Waals surface area (Å²) in [6.07, 6.45) is 1.38. The number of hydrogen-bond donors (Lipinski definition) is 1. The van der Waals surface area contributed by atoms with Crippen molar-refractivity contribution in [2.24, 2.45) is 5.41 Å². The third kappa shape index (κ3) is 0.722. The average Bonchev–Trinajstić information content (AvgIpc) is 2.35. The van der Waals surface area contributed by atoms with E-state index in [1.807, 2.05) is 0 Å². The number of fused-ring (bicyclic) bond motifs is 1. The molecule has 0 amide bonds. The molecule has 0 aromatic heterocycles. The van der Waals surface area contributed by atoms with Gasteiger partial charge in [-0.05, 0) is 25.4 Å². The second-order valence-corrected chi connectivity index (χ2v) is 4.03. The van der Waals surface area contributed by atoms with E-state index in [0.29, 0.717) is 5.41 Å². The summed E-state index contributed by atoms with van der Waals surface area (Å²) in [4.78, 5) is 2.49. The number of nitrogens with zero attached hydrogens (tertiary/aromatic N) is 1. The molecule has 2 atom stereocenters. The Bertz CT molecular complexity index is 146. The van der Waals surface area contributed by atoms with Gasteiger partial charge in [-0.1, -0.05) is 6.92 Å². The summed E-state index contributed by atoms with van der Waals surface area (Å²) < 4.78 is 0. The van der Waals surface area contributed by atoms with Crippen LogP contribution < -0.4 is 5.32 Å². The van der Waals surface area contributed by atoms with Crippen LogP contribution in [0, 0.1) is 5.41 Å². The largest absolute Gasteiger partial charge is 0.315 e. The van der Waals surface area contributed by atoms with Crippen LogP contribution in [-0.2, 0) is 0 Å². The Kier molecular flexibility index (Phi) is 1.29. The number of hydrogen-bond acceptors (Lipinski definition) is 2. The lowest BCUT2D eigenvalue weighted by molar-refractivity contribution is 0.252. The van der Waals surface area contributed by atoms with Crippen LogP contribution in [0.4, 0.5) is 0 Å². The van der Waals surface area contributed by atoms with Crippen LogP contribution in [-0.4, -0.2) is 37.6 Å². The monoisotopic (exact) mass is 140 g/mol. The lowest BCUT2D eigenvalue weighted by Crippen LogP contribution is -2.34. The fourth-order valence-electron chi connectivity index (χ4n) is 2.39. The molecule has 2 aliphatic heterocycles. The molecule has 2 unspecified atom stereocenters. The highest BCUT2D eigenvalue weighted by molar-refractivity contribution is 5.01. The third-order valence-electron chi connectivity index (χ3n) is 3.24. The zero-order valence-corrected chi connectivity index (χ0v) is 6.85. The summed E-state index contributed by atoms with van der Waals surface area (Å²) in [6.45, 7) is 6.12. The van der Waals surface area contributed by atoms with E-state index in [1.54, 1.807) is 0 Å².